The van der Waals surface area contributed by atoms with Crippen LogP contribution in [0.5, 0.6) is 5.75 Å². The third-order valence-corrected chi connectivity index (χ3v) is 3.87. The molecule has 0 amide bonds. The van der Waals surface area contributed by atoms with E-state index in [0.29, 0.717) is 27.9 Å². The number of hydrogen-bond donors (Lipinski definition) is 1. The minimum atomic E-state index is 0.304. The van der Waals surface area contributed by atoms with E-state index in [9.17, 15) is 5.11 Å². The van der Waals surface area contributed by atoms with Crippen molar-refractivity contribution in [1.82, 2.24) is 0 Å². The number of aromatic hydroxyl groups is 1. The van der Waals surface area contributed by atoms with Gasteiger partial charge in [0.1, 0.15) is 5.75 Å². The van der Waals surface area contributed by atoms with Gasteiger partial charge in [0.25, 0.3) is 9.68 Å². The fraction of sp³-hybridized carbons (Fsp3) is 0.250. The summed E-state index contributed by atoms with van der Waals surface area (Å²) in [7, 11) is 0.322. The molecule has 0 saturated heterocycles. The molecule has 0 aliphatic heterocycles. The van der Waals surface area contributed by atoms with Crippen LogP contribution in [0, 0.1) is 0 Å². The molecule has 0 aliphatic rings. The molecule has 2 aromatic carbocycles. The van der Waals surface area contributed by atoms with Crippen LogP contribution in [-0.4, -0.2) is 14.8 Å². The van der Waals surface area contributed by atoms with Crippen molar-refractivity contribution in [2.45, 2.75) is 26.3 Å². The van der Waals surface area contributed by atoms with Gasteiger partial charge < -0.3 is 5.11 Å². The summed E-state index contributed by atoms with van der Waals surface area (Å²) in [6.45, 7) is 4.56. The van der Waals surface area contributed by atoms with Crippen LogP contribution in [0.3, 0.4) is 0 Å². The molecule has 0 fully saturated rings. The van der Waals surface area contributed by atoms with Gasteiger partial charge >= 0.3 is 0 Å². The molecule has 0 unspecified atom stereocenters. The first kappa shape index (κ1) is 14.5. The maximum Gasteiger partial charge on any atom is 0.280 e. The van der Waals surface area contributed by atoms with Crippen LogP contribution in [0.2, 0.25) is 0 Å². The Morgan fingerprint density at radius 3 is 2.50 bits per heavy atom. The Bertz CT molecular complexity index is 582. The molecule has 4 heteroatoms. The van der Waals surface area contributed by atoms with Gasteiger partial charge in [-0.15, -0.1) is 0 Å². The molecule has 0 heterocycles. The summed E-state index contributed by atoms with van der Waals surface area (Å²) in [6.07, 6.45) is 0. The number of rotatable bonds is 5. The van der Waals surface area contributed by atoms with Crippen molar-refractivity contribution in [3.63, 3.8) is 0 Å². The van der Waals surface area contributed by atoms with E-state index in [-0.39, 0.29) is 0 Å². The van der Waals surface area contributed by atoms with Gasteiger partial charge in [-0.2, -0.15) is 5.11 Å². The van der Waals surface area contributed by atoms with Crippen molar-refractivity contribution in [3.05, 3.63) is 59.7 Å². The summed E-state index contributed by atoms with van der Waals surface area (Å²) in [5.41, 5.74) is 1.79. The van der Waals surface area contributed by atoms with Crippen molar-refractivity contribution in [2.24, 2.45) is 9.89 Å². The van der Waals surface area contributed by atoms with Crippen molar-refractivity contribution >= 4 is 14.9 Å². The van der Waals surface area contributed by atoms with Gasteiger partial charge in [0, 0.05) is 5.56 Å². The number of phenolic OH excluding ortho intramolecular Hbond substituents is 1. The Kier molecular flexibility index (Phi) is 5.07. The lowest BCUT2D eigenvalue weighted by Crippen LogP contribution is -2.09. The fourth-order valence-electron chi connectivity index (χ4n) is 1.92. The third-order valence-electron chi connectivity index (χ3n) is 3.04. The highest BCUT2D eigenvalue weighted by atomic mass is 28.2. The molecular weight excluding hydrogens is 264 g/mol. The first-order valence-electron chi connectivity index (χ1n) is 6.67. The summed E-state index contributed by atoms with van der Waals surface area (Å²) >= 11 is 0. The molecule has 0 saturated carbocycles. The molecular formula is C16H18N2OSi. The second-order valence-corrected chi connectivity index (χ2v) is 5.89. The molecule has 2 aromatic rings. The van der Waals surface area contributed by atoms with Crippen molar-refractivity contribution < 1.29 is 5.11 Å². The number of hydrogen-bond acceptors (Lipinski definition) is 3. The van der Waals surface area contributed by atoms with Crippen LogP contribution in [0.15, 0.2) is 58.4 Å². The van der Waals surface area contributed by atoms with Gasteiger partial charge in [0.05, 0.1) is 6.54 Å². The molecule has 2 rings (SSSR count). The lowest BCUT2D eigenvalue weighted by molar-refractivity contribution is 0.457. The quantitative estimate of drug-likeness (QED) is 0.663. The number of benzene rings is 2. The topological polar surface area (TPSA) is 45.0 Å². The summed E-state index contributed by atoms with van der Waals surface area (Å²) in [5, 5.41) is 15.5. The number of phenols is 1. The van der Waals surface area contributed by atoms with Crippen molar-refractivity contribution in [1.29, 1.82) is 0 Å². The molecule has 0 aromatic heterocycles. The van der Waals surface area contributed by atoms with E-state index in [0.717, 1.165) is 16.3 Å². The van der Waals surface area contributed by atoms with Crippen molar-refractivity contribution in [2.75, 3.05) is 0 Å². The SMILES string of the molecule is CC(C)c1cccc(CN=N[Si]c2ccccc2)c1O. The minimum Gasteiger partial charge on any atom is -0.507 e. The summed E-state index contributed by atoms with van der Waals surface area (Å²) < 4.78 is 4.19. The highest BCUT2D eigenvalue weighted by Crippen LogP contribution is 2.29. The highest BCUT2D eigenvalue weighted by Gasteiger charge is 2.09. The lowest BCUT2D eigenvalue weighted by atomic mass is 9.99. The monoisotopic (exact) mass is 282 g/mol. The zero-order valence-electron chi connectivity index (χ0n) is 11.7. The van der Waals surface area contributed by atoms with Gasteiger partial charge in [0.2, 0.25) is 0 Å². The highest BCUT2D eigenvalue weighted by molar-refractivity contribution is 6.51. The van der Waals surface area contributed by atoms with Gasteiger partial charge in [-0.1, -0.05) is 62.4 Å². The Labute approximate surface area is 122 Å². The average molecular weight is 282 g/mol. The van der Waals surface area contributed by atoms with Crippen molar-refractivity contribution in [3.8, 4) is 5.75 Å². The Morgan fingerprint density at radius 1 is 1.05 bits per heavy atom. The molecule has 0 spiro atoms. The van der Waals surface area contributed by atoms with Gasteiger partial charge in [-0.3, -0.25) is 0 Å². The Hall–Kier alpha value is -1.94. The van der Waals surface area contributed by atoms with E-state index >= 15 is 0 Å². The van der Waals surface area contributed by atoms with Crippen LogP contribution in [0.1, 0.15) is 30.9 Å². The molecule has 1 N–H and O–H groups in total. The molecule has 3 nitrogen and oxygen atoms in total. The summed E-state index contributed by atoms with van der Waals surface area (Å²) in [4.78, 5) is 0. The fourth-order valence-corrected chi connectivity index (χ4v) is 2.52. The minimum absolute atomic E-state index is 0.304. The largest absolute Gasteiger partial charge is 0.507 e. The third kappa shape index (κ3) is 3.77. The van der Waals surface area contributed by atoms with Crippen LogP contribution < -0.4 is 5.19 Å². The molecule has 2 radical (unpaired) electrons. The standard InChI is InChI=1S/C16H18N2OSi/c1-12(2)15-10-6-7-13(16(15)19)11-17-18-20-14-8-4-3-5-9-14/h3-10,12,19H,11H2,1-2H3. The Morgan fingerprint density at radius 2 is 1.80 bits per heavy atom. The first-order valence-corrected chi connectivity index (χ1v) is 7.61. The summed E-state index contributed by atoms with van der Waals surface area (Å²) in [5.74, 6) is 0.655. The zero-order valence-corrected chi connectivity index (χ0v) is 12.7. The van der Waals surface area contributed by atoms with Crippen LogP contribution >= 0.6 is 0 Å². The van der Waals surface area contributed by atoms with Gasteiger partial charge in [0.15, 0.2) is 0 Å². The number of para-hydroxylation sites is 1. The second-order valence-electron chi connectivity index (χ2n) is 4.89. The van der Waals surface area contributed by atoms with E-state index < -0.39 is 0 Å². The predicted molar refractivity (Wildman–Crippen MR) is 82.6 cm³/mol. The molecule has 0 atom stereocenters. The van der Waals surface area contributed by atoms with Gasteiger partial charge in [-0.05, 0) is 16.7 Å². The van der Waals surface area contributed by atoms with E-state index in [2.05, 4.69) is 23.7 Å². The van der Waals surface area contributed by atoms with E-state index in [1.54, 1.807) is 0 Å². The van der Waals surface area contributed by atoms with E-state index in [1.165, 1.54) is 0 Å². The van der Waals surface area contributed by atoms with Gasteiger partial charge in [-0.25, -0.2) is 4.78 Å². The predicted octanol–water partition coefficient (Wildman–Crippen LogP) is 3.41. The zero-order chi connectivity index (χ0) is 14.4. The lowest BCUT2D eigenvalue weighted by Gasteiger charge is -2.10. The number of nitrogens with zero attached hydrogens (tertiary/aromatic N) is 2. The maximum absolute atomic E-state index is 10.2. The summed E-state index contributed by atoms with van der Waals surface area (Å²) in [6, 6.07) is 15.9. The second kappa shape index (κ2) is 7.00. The molecule has 20 heavy (non-hydrogen) atoms. The van der Waals surface area contributed by atoms with Crippen LogP contribution in [0.25, 0.3) is 0 Å². The van der Waals surface area contributed by atoms with E-state index in [4.69, 9.17) is 0 Å². The molecule has 0 aliphatic carbocycles. The van der Waals surface area contributed by atoms with E-state index in [1.807, 2.05) is 48.5 Å². The van der Waals surface area contributed by atoms with Crippen LogP contribution in [-0.2, 0) is 6.54 Å². The molecule has 0 bridgehead atoms. The molecule has 102 valence electrons. The Balaban J connectivity index is 1.99. The normalized spacial score (nSPS) is 11.3. The smallest absolute Gasteiger partial charge is 0.280 e. The van der Waals surface area contributed by atoms with Crippen LogP contribution in [0.4, 0.5) is 0 Å². The first-order chi connectivity index (χ1) is 9.68. The maximum atomic E-state index is 10.2. The average Bonchev–Trinajstić information content (AvgIpc) is 2.46.